The van der Waals surface area contributed by atoms with Gasteiger partial charge >= 0.3 is 0 Å². The monoisotopic (exact) mass is 362 g/mol. The Morgan fingerprint density at radius 2 is 1.81 bits per heavy atom. The number of benzene rings is 1. The van der Waals surface area contributed by atoms with Crippen molar-refractivity contribution in [3.63, 3.8) is 0 Å². The zero-order chi connectivity index (χ0) is 18.4. The van der Waals surface area contributed by atoms with E-state index in [1.165, 1.54) is 4.68 Å². The molecule has 2 bridgehead atoms. The molecule has 2 saturated heterocycles. The molecule has 0 spiro atoms. The molecule has 0 saturated carbocycles. The Morgan fingerprint density at radius 3 is 2.56 bits per heavy atom. The van der Waals surface area contributed by atoms with Crippen molar-refractivity contribution >= 4 is 10.8 Å². The molecule has 3 aromatic rings. The van der Waals surface area contributed by atoms with Gasteiger partial charge in [0.05, 0.1) is 23.9 Å². The molecule has 2 atom stereocenters. The summed E-state index contributed by atoms with van der Waals surface area (Å²) in [5.74, 6) is 0. The third-order valence-electron chi connectivity index (χ3n) is 6.18. The van der Waals surface area contributed by atoms with Gasteiger partial charge in [-0.2, -0.15) is 5.10 Å². The van der Waals surface area contributed by atoms with Crippen LogP contribution in [0.1, 0.15) is 31.2 Å². The first kappa shape index (κ1) is 16.6. The predicted molar refractivity (Wildman–Crippen MR) is 102 cm³/mol. The van der Waals surface area contributed by atoms with Crippen molar-refractivity contribution in [3.05, 3.63) is 70.9 Å². The van der Waals surface area contributed by atoms with E-state index in [4.69, 9.17) is 0 Å². The lowest BCUT2D eigenvalue weighted by Crippen LogP contribution is -2.51. The molecule has 0 radical (unpaired) electrons. The Bertz CT molecular complexity index is 1020. The van der Waals surface area contributed by atoms with Crippen molar-refractivity contribution in [2.45, 2.75) is 50.0 Å². The molecule has 2 aromatic heterocycles. The van der Waals surface area contributed by atoms with E-state index in [0.29, 0.717) is 24.9 Å². The van der Waals surface area contributed by atoms with Crippen molar-refractivity contribution in [2.75, 3.05) is 0 Å². The highest BCUT2D eigenvalue weighted by molar-refractivity contribution is 5.79. The molecule has 6 nitrogen and oxygen atoms in total. The van der Waals surface area contributed by atoms with Crippen molar-refractivity contribution in [1.82, 2.24) is 19.7 Å². The number of fused-ring (bicyclic) bond motifs is 3. The van der Waals surface area contributed by atoms with Gasteiger partial charge in [0.25, 0.3) is 5.56 Å². The molecule has 27 heavy (non-hydrogen) atoms. The normalized spacial score (nSPS) is 27.9. The molecule has 0 aliphatic carbocycles. The van der Waals surface area contributed by atoms with Crippen molar-refractivity contribution < 1.29 is 5.11 Å². The largest absolute Gasteiger partial charge is 0.385 e. The first-order chi connectivity index (χ1) is 13.1. The fourth-order valence-electron chi connectivity index (χ4n) is 4.81. The summed E-state index contributed by atoms with van der Waals surface area (Å²) in [4.78, 5) is 19.2. The molecule has 2 aliphatic rings. The van der Waals surface area contributed by atoms with Crippen LogP contribution in [-0.2, 0) is 12.3 Å². The highest BCUT2D eigenvalue weighted by Crippen LogP contribution is 2.45. The van der Waals surface area contributed by atoms with Crippen LogP contribution < -0.4 is 5.56 Å². The van der Waals surface area contributed by atoms with Gasteiger partial charge in [-0.1, -0.05) is 30.3 Å². The van der Waals surface area contributed by atoms with Gasteiger partial charge in [0.15, 0.2) is 0 Å². The van der Waals surface area contributed by atoms with Crippen LogP contribution in [0.25, 0.3) is 10.8 Å². The number of aliphatic hydroxyl groups is 1. The molecule has 1 N–H and O–H groups in total. The molecule has 1 aromatic carbocycles. The van der Waals surface area contributed by atoms with Gasteiger partial charge in [0, 0.05) is 29.9 Å². The second-order valence-electron chi connectivity index (χ2n) is 7.76. The van der Waals surface area contributed by atoms with E-state index in [2.05, 4.69) is 15.0 Å². The lowest BCUT2D eigenvalue weighted by molar-refractivity contribution is -0.0672. The molecular weight excluding hydrogens is 340 g/mol. The van der Waals surface area contributed by atoms with Crippen LogP contribution in [0.3, 0.4) is 0 Å². The number of rotatable bonds is 3. The van der Waals surface area contributed by atoms with Crippen LogP contribution in [0.2, 0.25) is 0 Å². The fraction of sp³-hybridized carbons (Fsp3) is 0.381. The summed E-state index contributed by atoms with van der Waals surface area (Å²) >= 11 is 0. The lowest BCUT2D eigenvalue weighted by atomic mass is 9.81. The maximum absolute atomic E-state index is 12.8. The first-order valence-electron chi connectivity index (χ1n) is 9.47. The van der Waals surface area contributed by atoms with Crippen molar-refractivity contribution in [2.24, 2.45) is 0 Å². The van der Waals surface area contributed by atoms with Gasteiger partial charge in [0.1, 0.15) is 0 Å². The Hall–Kier alpha value is -2.57. The molecule has 2 fully saturated rings. The van der Waals surface area contributed by atoms with Crippen molar-refractivity contribution in [1.29, 1.82) is 0 Å². The average Bonchev–Trinajstić information content (AvgIpc) is 2.94. The zero-order valence-electron chi connectivity index (χ0n) is 15.0. The fourth-order valence-corrected chi connectivity index (χ4v) is 4.81. The number of aromatic nitrogens is 3. The van der Waals surface area contributed by atoms with Crippen LogP contribution in [0.5, 0.6) is 0 Å². The number of nitrogens with zero attached hydrogens (tertiary/aromatic N) is 4. The lowest BCUT2D eigenvalue weighted by Gasteiger charge is -2.44. The highest BCUT2D eigenvalue weighted by Gasteiger charge is 2.48. The van der Waals surface area contributed by atoms with Crippen LogP contribution in [0.15, 0.2) is 59.8 Å². The maximum Gasteiger partial charge on any atom is 0.277 e. The number of pyridine rings is 1. The minimum absolute atomic E-state index is 0.108. The number of hydrogen-bond acceptors (Lipinski definition) is 5. The smallest absolute Gasteiger partial charge is 0.277 e. The second kappa shape index (κ2) is 6.25. The zero-order valence-corrected chi connectivity index (χ0v) is 15.0. The van der Waals surface area contributed by atoms with E-state index in [1.54, 1.807) is 24.7 Å². The van der Waals surface area contributed by atoms with Gasteiger partial charge in [-0.05, 0) is 37.3 Å². The topological polar surface area (TPSA) is 71.2 Å². The molecule has 2 unspecified atom stereocenters. The van der Waals surface area contributed by atoms with Crippen LogP contribution in [0, 0.1) is 0 Å². The molecule has 138 valence electrons. The molecule has 5 rings (SSSR count). The number of piperidine rings is 1. The summed E-state index contributed by atoms with van der Waals surface area (Å²) in [7, 11) is 0. The summed E-state index contributed by atoms with van der Waals surface area (Å²) in [5, 5.41) is 17.1. The minimum Gasteiger partial charge on any atom is -0.385 e. The Balaban J connectivity index is 1.42. The molecule has 6 heteroatoms. The molecule has 0 amide bonds. The van der Waals surface area contributed by atoms with Gasteiger partial charge in [0.2, 0.25) is 0 Å². The summed E-state index contributed by atoms with van der Waals surface area (Å²) < 4.78 is 1.53. The maximum atomic E-state index is 12.8. The summed E-state index contributed by atoms with van der Waals surface area (Å²) in [6.07, 6.45) is 8.48. The van der Waals surface area contributed by atoms with Crippen molar-refractivity contribution in [3.8, 4) is 0 Å². The van der Waals surface area contributed by atoms with E-state index >= 15 is 0 Å². The molecule has 2 aliphatic heterocycles. The highest BCUT2D eigenvalue weighted by atomic mass is 16.3. The third-order valence-corrected chi connectivity index (χ3v) is 6.18. The summed E-state index contributed by atoms with van der Waals surface area (Å²) in [6, 6.07) is 12.3. The second-order valence-corrected chi connectivity index (χ2v) is 7.76. The van der Waals surface area contributed by atoms with E-state index < -0.39 is 5.60 Å². The third kappa shape index (κ3) is 2.76. The van der Waals surface area contributed by atoms with E-state index in [0.717, 1.165) is 23.8 Å². The van der Waals surface area contributed by atoms with Gasteiger partial charge < -0.3 is 5.11 Å². The molecular formula is C21H22N4O2. The number of hydrogen-bond donors (Lipinski definition) is 1. The first-order valence-corrected chi connectivity index (χ1v) is 9.47. The van der Waals surface area contributed by atoms with E-state index in [1.807, 2.05) is 30.3 Å². The summed E-state index contributed by atoms with van der Waals surface area (Å²) in [5.41, 5.74) is 0.104. The van der Waals surface area contributed by atoms with E-state index in [-0.39, 0.29) is 17.6 Å². The predicted octanol–water partition coefficient (Wildman–Crippen LogP) is 2.26. The Morgan fingerprint density at radius 1 is 1.07 bits per heavy atom. The minimum atomic E-state index is -0.782. The standard InChI is InChI=1S/C21H22N4O2/c26-20-19-13-22-9-8-15(19)12-23-25(20)14-24-17-6-7-18(24)11-21(27,10-17)16-4-2-1-3-5-16/h1-5,8-9,12-13,17-18,27H,6-7,10-11,14H2. The SMILES string of the molecule is O=c1c2cnccc2cnn1CN1C2CCC1CC(O)(c1ccccc1)C2. The van der Waals surface area contributed by atoms with Gasteiger partial charge in [-0.25, -0.2) is 4.68 Å². The summed E-state index contributed by atoms with van der Waals surface area (Å²) in [6.45, 7) is 0.462. The van der Waals surface area contributed by atoms with Gasteiger partial charge in [-0.15, -0.1) is 0 Å². The van der Waals surface area contributed by atoms with Gasteiger partial charge in [-0.3, -0.25) is 14.7 Å². The Labute approximate surface area is 157 Å². The van der Waals surface area contributed by atoms with Crippen LogP contribution in [0.4, 0.5) is 0 Å². The quantitative estimate of drug-likeness (QED) is 0.774. The Kier molecular flexibility index (Phi) is 3.84. The van der Waals surface area contributed by atoms with Crippen LogP contribution >= 0.6 is 0 Å². The van der Waals surface area contributed by atoms with E-state index in [9.17, 15) is 9.90 Å². The van der Waals surface area contributed by atoms with Crippen LogP contribution in [-0.4, -0.2) is 36.9 Å². The molecule has 4 heterocycles. The average molecular weight is 362 g/mol.